The Balaban J connectivity index is 1.65. The summed E-state index contributed by atoms with van der Waals surface area (Å²) in [7, 11) is 3.27. The standard InChI is InChI=1S/C26H31N7O2/c1-17(2)14-28-23-24-29-15-22(18-7-9-19(10-8-18)25(34)31-20-11-12-20)33(24)16-21(30-23)6-5-13-32(4)26(35)27-3/h7-10,15-17,20H,11-14H2,1-4H3,(H,27,35)(H,28,30)(H,31,34). The molecule has 3 amide bonds. The highest BCUT2D eigenvalue weighted by atomic mass is 16.2. The first-order valence-electron chi connectivity index (χ1n) is 11.8. The van der Waals surface area contributed by atoms with Gasteiger partial charge in [0.1, 0.15) is 5.69 Å². The fourth-order valence-corrected chi connectivity index (χ4v) is 3.48. The van der Waals surface area contributed by atoms with Crippen LogP contribution in [0.1, 0.15) is 42.7 Å². The zero-order valence-corrected chi connectivity index (χ0v) is 20.6. The average Bonchev–Trinajstić information content (AvgIpc) is 3.57. The monoisotopic (exact) mass is 473 g/mol. The first kappa shape index (κ1) is 24.1. The van der Waals surface area contributed by atoms with Gasteiger partial charge in [-0.15, -0.1) is 0 Å². The van der Waals surface area contributed by atoms with Crippen LogP contribution in [0.2, 0.25) is 0 Å². The van der Waals surface area contributed by atoms with Gasteiger partial charge in [-0.25, -0.2) is 14.8 Å². The first-order valence-corrected chi connectivity index (χ1v) is 11.8. The van der Waals surface area contributed by atoms with Gasteiger partial charge < -0.3 is 20.9 Å². The molecule has 0 radical (unpaired) electrons. The number of anilines is 1. The third-order valence-corrected chi connectivity index (χ3v) is 5.62. The number of rotatable bonds is 7. The van der Waals surface area contributed by atoms with Crippen LogP contribution in [0.4, 0.5) is 10.6 Å². The number of carbonyl (C=O) groups is 2. The lowest BCUT2D eigenvalue weighted by Gasteiger charge is -2.12. The predicted molar refractivity (Wildman–Crippen MR) is 136 cm³/mol. The van der Waals surface area contributed by atoms with Crippen LogP contribution < -0.4 is 16.0 Å². The van der Waals surface area contributed by atoms with Gasteiger partial charge in [0.25, 0.3) is 5.91 Å². The molecule has 1 saturated carbocycles. The van der Waals surface area contributed by atoms with Crippen molar-refractivity contribution >= 4 is 23.4 Å². The molecule has 9 heteroatoms. The van der Waals surface area contributed by atoms with Gasteiger partial charge in [-0.05, 0) is 36.8 Å². The van der Waals surface area contributed by atoms with E-state index in [4.69, 9.17) is 0 Å². The summed E-state index contributed by atoms with van der Waals surface area (Å²) in [6.07, 6.45) is 5.76. The summed E-state index contributed by atoms with van der Waals surface area (Å²) in [6, 6.07) is 7.64. The van der Waals surface area contributed by atoms with E-state index >= 15 is 0 Å². The molecule has 0 saturated heterocycles. The first-order chi connectivity index (χ1) is 16.9. The molecule has 2 aromatic heterocycles. The van der Waals surface area contributed by atoms with Gasteiger partial charge in [0.15, 0.2) is 11.5 Å². The maximum atomic E-state index is 12.3. The van der Waals surface area contributed by atoms with E-state index in [0.29, 0.717) is 34.7 Å². The van der Waals surface area contributed by atoms with E-state index in [-0.39, 0.29) is 18.5 Å². The summed E-state index contributed by atoms with van der Waals surface area (Å²) < 4.78 is 1.96. The quantitative estimate of drug-likeness (QED) is 0.458. The molecular weight excluding hydrogens is 442 g/mol. The minimum atomic E-state index is -0.201. The van der Waals surface area contributed by atoms with Crippen LogP contribution in [0.5, 0.6) is 0 Å². The van der Waals surface area contributed by atoms with Gasteiger partial charge in [-0.1, -0.05) is 31.9 Å². The Labute approximate surface area is 205 Å². The molecule has 3 aromatic rings. The summed E-state index contributed by atoms with van der Waals surface area (Å²) in [6.45, 7) is 5.27. The second-order valence-electron chi connectivity index (χ2n) is 9.12. The van der Waals surface area contributed by atoms with Gasteiger partial charge in [0, 0.05) is 44.0 Å². The molecular formula is C26H31N7O2. The van der Waals surface area contributed by atoms with Crippen molar-refractivity contribution in [1.82, 2.24) is 29.9 Å². The Hall–Kier alpha value is -4.06. The Morgan fingerprint density at radius 3 is 2.63 bits per heavy atom. The van der Waals surface area contributed by atoms with Gasteiger partial charge in [-0.3, -0.25) is 9.20 Å². The molecule has 1 aliphatic rings. The molecule has 3 N–H and O–H groups in total. The number of benzene rings is 1. The van der Waals surface area contributed by atoms with Crippen molar-refractivity contribution in [2.45, 2.75) is 32.7 Å². The highest BCUT2D eigenvalue weighted by Crippen LogP contribution is 2.25. The van der Waals surface area contributed by atoms with Crippen LogP contribution in [0.15, 0.2) is 36.7 Å². The number of carbonyl (C=O) groups excluding carboxylic acids is 2. The minimum Gasteiger partial charge on any atom is -0.367 e. The third-order valence-electron chi connectivity index (χ3n) is 5.62. The fourth-order valence-electron chi connectivity index (χ4n) is 3.48. The topological polar surface area (TPSA) is 104 Å². The van der Waals surface area contributed by atoms with Crippen LogP contribution in [-0.2, 0) is 0 Å². The minimum absolute atomic E-state index is 0.0409. The second kappa shape index (κ2) is 10.5. The summed E-state index contributed by atoms with van der Waals surface area (Å²) in [5.74, 6) is 7.12. The molecule has 0 aliphatic heterocycles. The molecule has 9 nitrogen and oxygen atoms in total. The van der Waals surface area contributed by atoms with E-state index in [9.17, 15) is 9.59 Å². The molecule has 0 unspecified atom stereocenters. The molecule has 0 bridgehead atoms. The molecule has 0 spiro atoms. The van der Waals surface area contributed by atoms with Gasteiger partial charge in [0.05, 0.1) is 18.4 Å². The third kappa shape index (κ3) is 5.90. The van der Waals surface area contributed by atoms with Crippen molar-refractivity contribution in [3.8, 4) is 23.1 Å². The van der Waals surface area contributed by atoms with Gasteiger partial charge in [0.2, 0.25) is 0 Å². The van der Waals surface area contributed by atoms with E-state index in [2.05, 4.69) is 51.6 Å². The highest BCUT2D eigenvalue weighted by Gasteiger charge is 2.23. The number of fused-ring (bicyclic) bond motifs is 1. The van der Waals surface area contributed by atoms with Crippen LogP contribution >= 0.6 is 0 Å². The number of nitrogens with zero attached hydrogens (tertiary/aromatic N) is 4. The van der Waals surface area contributed by atoms with Crippen LogP contribution in [-0.4, -0.2) is 64.4 Å². The van der Waals surface area contributed by atoms with Crippen LogP contribution in [0, 0.1) is 17.8 Å². The van der Waals surface area contributed by atoms with Gasteiger partial charge in [-0.2, -0.15) is 0 Å². The Kier molecular flexibility index (Phi) is 7.20. The lowest BCUT2D eigenvalue weighted by molar-refractivity contribution is 0.0951. The molecule has 1 aliphatic carbocycles. The lowest BCUT2D eigenvalue weighted by Crippen LogP contribution is -2.35. The maximum Gasteiger partial charge on any atom is 0.317 e. The Morgan fingerprint density at radius 2 is 1.97 bits per heavy atom. The van der Waals surface area contributed by atoms with Gasteiger partial charge >= 0.3 is 6.03 Å². The fraction of sp³-hybridized carbons (Fsp3) is 0.385. The molecule has 1 aromatic carbocycles. The number of hydrogen-bond donors (Lipinski definition) is 3. The highest BCUT2D eigenvalue weighted by molar-refractivity contribution is 5.95. The van der Waals surface area contributed by atoms with Crippen molar-refractivity contribution in [2.24, 2.45) is 5.92 Å². The summed E-state index contributed by atoms with van der Waals surface area (Å²) in [4.78, 5) is 34.8. The van der Waals surface area contributed by atoms with E-state index in [1.165, 1.54) is 4.90 Å². The molecule has 0 atom stereocenters. The predicted octanol–water partition coefficient (Wildman–Crippen LogP) is 2.98. The normalized spacial score (nSPS) is 12.7. The molecule has 182 valence electrons. The largest absolute Gasteiger partial charge is 0.367 e. The van der Waals surface area contributed by atoms with Crippen molar-refractivity contribution < 1.29 is 9.59 Å². The number of nitrogens with one attached hydrogen (secondary N) is 3. The van der Waals surface area contributed by atoms with E-state index in [1.807, 2.05) is 34.9 Å². The number of hydrogen-bond acceptors (Lipinski definition) is 5. The summed E-state index contributed by atoms with van der Waals surface area (Å²) >= 11 is 0. The van der Waals surface area contributed by atoms with Crippen LogP contribution in [0.3, 0.4) is 0 Å². The summed E-state index contributed by atoms with van der Waals surface area (Å²) in [5, 5.41) is 8.97. The Bertz CT molecular complexity index is 1280. The SMILES string of the molecule is CNC(=O)N(C)CC#Cc1cn2c(-c3ccc(C(=O)NC4CC4)cc3)cnc2c(NCC(C)C)n1. The number of amides is 3. The number of imidazole rings is 1. The zero-order chi connectivity index (χ0) is 24.9. The summed E-state index contributed by atoms with van der Waals surface area (Å²) in [5.41, 5.74) is 3.70. The van der Waals surface area contributed by atoms with Crippen molar-refractivity contribution in [3.05, 3.63) is 47.9 Å². The van der Waals surface area contributed by atoms with E-state index in [0.717, 1.165) is 30.6 Å². The number of aromatic nitrogens is 3. The van der Waals surface area contributed by atoms with Crippen LogP contribution in [0.25, 0.3) is 16.9 Å². The smallest absolute Gasteiger partial charge is 0.317 e. The van der Waals surface area contributed by atoms with E-state index < -0.39 is 0 Å². The zero-order valence-electron chi connectivity index (χ0n) is 20.6. The molecule has 2 heterocycles. The van der Waals surface area contributed by atoms with Crippen molar-refractivity contribution in [2.75, 3.05) is 32.5 Å². The lowest BCUT2D eigenvalue weighted by atomic mass is 10.1. The van der Waals surface area contributed by atoms with E-state index in [1.54, 1.807) is 20.3 Å². The molecule has 35 heavy (non-hydrogen) atoms. The van der Waals surface area contributed by atoms with Crippen molar-refractivity contribution in [3.63, 3.8) is 0 Å². The number of urea groups is 1. The Morgan fingerprint density at radius 1 is 1.23 bits per heavy atom. The van der Waals surface area contributed by atoms with Crippen molar-refractivity contribution in [1.29, 1.82) is 0 Å². The second-order valence-corrected chi connectivity index (χ2v) is 9.12. The molecule has 4 rings (SSSR count). The average molecular weight is 474 g/mol. The maximum absolute atomic E-state index is 12.3. The molecule has 1 fully saturated rings.